The van der Waals surface area contributed by atoms with E-state index < -0.39 is 24.6 Å². The van der Waals surface area contributed by atoms with Crippen molar-refractivity contribution in [3.8, 4) is 11.3 Å². The fourth-order valence-corrected chi connectivity index (χ4v) is 3.73. The van der Waals surface area contributed by atoms with Gasteiger partial charge in [0.05, 0.1) is 31.9 Å². The van der Waals surface area contributed by atoms with Crippen molar-refractivity contribution in [3.05, 3.63) is 18.7 Å². The van der Waals surface area contributed by atoms with Gasteiger partial charge >= 0.3 is 0 Å². The second-order valence-corrected chi connectivity index (χ2v) is 7.20. The molecule has 5 rings (SSSR count). The van der Waals surface area contributed by atoms with Crippen molar-refractivity contribution in [2.45, 2.75) is 31.0 Å². The molecule has 0 bridgehead atoms. The Hall–Kier alpha value is -2.89. The molecule has 29 heavy (non-hydrogen) atoms. The van der Waals surface area contributed by atoms with E-state index in [1.54, 1.807) is 17.3 Å². The van der Waals surface area contributed by atoms with Crippen molar-refractivity contribution in [1.29, 1.82) is 0 Å². The van der Waals surface area contributed by atoms with Gasteiger partial charge in [0.1, 0.15) is 23.9 Å². The lowest BCUT2D eigenvalue weighted by atomic mass is 10.1. The molecule has 2 aliphatic heterocycles. The summed E-state index contributed by atoms with van der Waals surface area (Å²) in [5.74, 6) is 0.222. The average molecular weight is 408 g/mol. The van der Waals surface area contributed by atoms with E-state index in [1.165, 1.54) is 10.8 Å². The molecular weight excluding hydrogens is 389 g/mol. The van der Waals surface area contributed by atoms with E-state index in [-0.39, 0.29) is 25.6 Å². The minimum atomic E-state index is -1.59. The van der Waals surface area contributed by atoms with Crippen LogP contribution in [0, 0.1) is 0 Å². The van der Waals surface area contributed by atoms with Gasteiger partial charge in [-0.3, -0.25) is 5.10 Å². The molecule has 5 heterocycles. The van der Waals surface area contributed by atoms with E-state index in [4.69, 9.17) is 4.74 Å². The Kier molecular flexibility index (Phi) is 4.49. The number of rotatable bonds is 4. The van der Waals surface area contributed by atoms with Crippen molar-refractivity contribution in [1.82, 2.24) is 29.8 Å². The highest BCUT2D eigenvalue weighted by Crippen LogP contribution is 2.35. The predicted molar refractivity (Wildman–Crippen MR) is 98.1 cm³/mol. The number of halogens is 3. The number of nitrogens with one attached hydrogen (secondary N) is 2. The lowest BCUT2D eigenvalue weighted by molar-refractivity contribution is 0.0284. The molecule has 3 aromatic rings. The Morgan fingerprint density at radius 3 is 2.72 bits per heavy atom. The number of aromatic nitrogens is 6. The lowest BCUT2D eigenvalue weighted by Crippen LogP contribution is -2.39. The minimum Gasteiger partial charge on any atom is -0.378 e. The topological polar surface area (TPSA) is 96.3 Å². The summed E-state index contributed by atoms with van der Waals surface area (Å²) in [6.45, 7) is 0.240. The number of H-pyrrole nitrogens is 1. The number of aromatic amines is 1. The molecule has 0 aliphatic carbocycles. The molecule has 12 heteroatoms. The van der Waals surface area contributed by atoms with Gasteiger partial charge in [-0.05, 0) is 6.42 Å². The summed E-state index contributed by atoms with van der Waals surface area (Å²) in [5.41, 5.74) is 1.98. The van der Waals surface area contributed by atoms with Crippen LogP contribution in [0.2, 0.25) is 0 Å². The monoisotopic (exact) mass is 408 g/mol. The Balaban J connectivity index is 1.56. The van der Waals surface area contributed by atoms with Gasteiger partial charge in [-0.1, -0.05) is 0 Å². The first-order valence-corrected chi connectivity index (χ1v) is 9.36. The second kappa shape index (κ2) is 7.17. The van der Waals surface area contributed by atoms with E-state index in [1.807, 2.05) is 0 Å². The second-order valence-electron chi connectivity index (χ2n) is 7.20. The van der Waals surface area contributed by atoms with E-state index in [2.05, 4.69) is 30.6 Å². The van der Waals surface area contributed by atoms with Crippen molar-refractivity contribution in [3.63, 3.8) is 0 Å². The number of hydrogen-bond donors (Lipinski definition) is 2. The smallest absolute Gasteiger partial charge is 0.243 e. The van der Waals surface area contributed by atoms with Crippen LogP contribution in [0.25, 0.3) is 16.9 Å². The number of hydrogen-bond acceptors (Lipinski definition) is 7. The number of alkyl halides is 3. The predicted octanol–water partition coefficient (Wildman–Crippen LogP) is 1.55. The quantitative estimate of drug-likeness (QED) is 0.676. The van der Waals surface area contributed by atoms with Crippen LogP contribution < -0.4 is 10.2 Å². The summed E-state index contributed by atoms with van der Waals surface area (Å²) in [5, 5.41) is 14.0. The normalized spacial score (nSPS) is 27.6. The third-order valence-electron chi connectivity index (χ3n) is 5.23. The van der Waals surface area contributed by atoms with Crippen LogP contribution in [0.5, 0.6) is 0 Å². The lowest BCUT2D eigenvalue weighted by Gasteiger charge is -2.26. The molecule has 0 aromatic carbocycles. The highest BCUT2D eigenvalue weighted by molar-refractivity contribution is 5.85. The van der Waals surface area contributed by atoms with Gasteiger partial charge in [-0.25, -0.2) is 18.2 Å². The van der Waals surface area contributed by atoms with Crippen LogP contribution in [0.4, 0.5) is 24.8 Å². The highest BCUT2D eigenvalue weighted by atomic mass is 19.2. The van der Waals surface area contributed by atoms with Gasteiger partial charge < -0.3 is 15.0 Å². The van der Waals surface area contributed by atoms with Crippen LogP contribution in [-0.4, -0.2) is 80.6 Å². The molecule has 2 fully saturated rings. The van der Waals surface area contributed by atoms with Crippen LogP contribution in [0.1, 0.15) is 6.42 Å². The summed E-state index contributed by atoms with van der Waals surface area (Å²) >= 11 is 0. The standard InChI is InChI=1S/C17H19F3N8O/c18-10-5-27(6-11(10)19)15-14(9-3-22-23-4-9)21-8-28-16(15)25-17(26-28)24-13-1-2-29-7-12(13)20/h3-4,8,10-13H,1-2,5-7H2,(H,22,23)(H,24,26)/t10-,11-,12+,13-/m0/s1. The molecule has 0 radical (unpaired) electrons. The Labute approximate surface area is 163 Å². The largest absolute Gasteiger partial charge is 0.378 e. The van der Waals surface area contributed by atoms with Crippen molar-refractivity contribution >= 4 is 17.3 Å². The van der Waals surface area contributed by atoms with E-state index in [0.29, 0.717) is 35.6 Å². The van der Waals surface area contributed by atoms with Crippen molar-refractivity contribution < 1.29 is 17.9 Å². The SMILES string of the molecule is F[C@@H]1COCC[C@@H]1Nc1nc2c(N3C[C@H](F)[C@@H](F)C3)c(-c3cn[nH]c3)ncn2n1. The molecule has 4 atom stereocenters. The average Bonchev–Trinajstić information content (AvgIpc) is 3.43. The zero-order chi connectivity index (χ0) is 20.0. The first-order valence-electron chi connectivity index (χ1n) is 9.36. The van der Waals surface area contributed by atoms with Crippen LogP contribution in [-0.2, 0) is 4.74 Å². The molecule has 154 valence electrons. The van der Waals surface area contributed by atoms with Gasteiger partial charge in [-0.2, -0.15) is 14.6 Å². The maximum Gasteiger partial charge on any atom is 0.243 e. The summed E-state index contributed by atoms with van der Waals surface area (Å²) in [6.07, 6.45) is 0.804. The molecule has 0 spiro atoms. The zero-order valence-corrected chi connectivity index (χ0v) is 15.3. The van der Waals surface area contributed by atoms with E-state index >= 15 is 0 Å². The first-order chi connectivity index (χ1) is 14.1. The van der Waals surface area contributed by atoms with E-state index in [9.17, 15) is 13.2 Å². The third kappa shape index (κ3) is 3.26. The Morgan fingerprint density at radius 1 is 1.17 bits per heavy atom. The van der Waals surface area contributed by atoms with Gasteiger partial charge in [-0.15, -0.1) is 5.10 Å². The van der Waals surface area contributed by atoms with E-state index in [0.717, 1.165) is 0 Å². The Bertz CT molecular complexity index is 986. The molecule has 3 aromatic heterocycles. The molecule has 2 saturated heterocycles. The highest BCUT2D eigenvalue weighted by Gasteiger charge is 2.36. The number of fused-ring (bicyclic) bond motifs is 1. The molecule has 9 nitrogen and oxygen atoms in total. The van der Waals surface area contributed by atoms with Crippen LogP contribution >= 0.6 is 0 Å². The molecule has 0 saturated carbocycles. The summed E-state index contributed by atoms with van der Waals surface area (Å²) in [4.78, 5) is 10.5. The summed E-state index contributed by atoms with van der Waals surface area (Å²) in [6, 6.07) is -0.469. The summed E-state index contributed by atoms with van der Waals surface area (Å²) in [7, 11) is 0. The maximum absolute atomic E-state index is 14.1. The van der Waals surface area contributed by atoms with Gasteiger partial charge in [0.15, 0.2) is 18.0 Å². The zero-order valence-electron chi connectivity index (χ0n) is 15.3. The number of anilines is 2. The fraction of sp³-hybridized carbons (Fsp3) is 0.529. The summed E-state index contributed by atoms with van der Waals surface area (Å²) < 4.78 is 48.5. The van der Waals surface area contributed by atoms with Gasteiger partial charge in [0.25, 0.3) is 0 Å². The Morgan fingerprint density at radius 2 is 2.00 bits per heavy atom. The molecule has 0 unspecified atom stereocenters. The van der Waals surface area contributed by atoms with Crippen LogP contribution in [0.3, 0.4) is 0 Å². The number of ether oxygens (including phenoxy) is 1. The molecule has 2 aliphatic rings. The maximum atomic E-state index is 14.1. The third-order valence-corrected chi connectivity index (χ3v) is 5.23. The fourth-order valence-electron chi connectivity index (χ4n) is 3.73. The van der Waals surface area contributed by atoms with Crippen molar-refractivity contribution in [2.75, 3.05) is 36.5 Å². The van der Waals surface area contributed by atoms with Crippen molar-refractivity contribution in [2.24, 2.45) is 0 Å². The number of nitrogens with zero attached hydrogens (tertiary/aromatic N) is 6. The molecular formula is C17H19F3N8O. The molecule has 2 N–H and O–H groups in total. The first kappa shape index (κ1) is 18.2. The van der Waals surface area contributed by atoms with Gasteiger partial charge in [0, 0.05) is 18.4 Å². The van der Waals surface area contributed by atoms with Crippen LogP contribution in [0.15, 0.2) is 18.7 Å². The minimum absolute atomic E-state index is 0.0199. The van der Waals surface area contributed by atoms with Gasteiger partial charge in [0.2, 0.25) is 5.95 Å². The molecule has 0 amide bonds.